The van der Waals surface area contributed by atoms with Gasteiger partial charge in [0.25, 0.3) is 0 Å². The summed E-state index contributed by atoms with van der Waals surface area (Å²) in [6.07, 6.45) is 10.8. The maximum absolute atomic E-state index is 10.5. The minimum absolute atomic E-state index is 0.0358. The summed E-state index contributed by atoms with van der Waals surface area (Å²) in [6.45, 7) is 1.98. The van der Waals surface area contributed by atoms with Crippen LogP contribution in [0.25, 0.3) is 10.8 Å². The van der Waals surface area contributed by atoms with Crippen molar-refractivity contribution in [3.8, 4) is 5.75 Å². The van der Waals surface area contributed by atoms with E-state index in [4.69, 9.17) is 5.73 Å². The Labute approximate surface area is 136 Å². The van der Waals surface area contributed by atoms with Crippen molar-refractivity contribution in [2.24, 2.45) is 5.73 Å². The molecule has 0 aromatic heterocycles. The van der Waals surface area contributed by atoms with Gasteiger partial charge in [-0.3, -0.25) is 4.79 Å². The van der Waals surface area contributed by atoms with Gasteiger partial charge in [-0.05, 0) is 48.2 Å². The number of carbonyl (C=O) groups excluding carboxylic acids is 1. The van der Waals surface area contributed by atoms with Crippen LogP contribution >= 0.6 is 0 Å². The molecule has 0 aliphatic carbocycles. The molecule has 2 aromatic rings. The highest BCUT2D eigenvalue weighted by atomic mass is 16.3. The van der Waals surface area contributed by atoms with Crippen molar-refractivity contribution in [1.82, 2.24) is 0 Å². The molecule has 4 nitrogen and oxygen atoms in total. The minimum atomic E-state index is 0.0358. The third-order valence-electron chi connectivity index (χ3n) is 3.17. The van der Waals surface area contributed by atoms with Crippen molar-refractivity contribution in [3.05, 3.63) is 78.2 Å². The van der Waals surface area contributed by atoms with E-state index in [2.05, 4.69) is 5.73 Å². The Balaban J connectivity index is 0.000000241. The molecule has 120 valence electrons. The Bertz CT molecular complexity index is 731. The number of aromatic hydroxyl groups is 1. The SMILES string of the molecule is C/C=C(/[NH3+])CC=C/C=C/N.O=Cc1cc2ccccc2cc1O. The van der Waals surface area contributed by atoms with Crippen LogP contribution in [-0.4, -0.2) is 11.4 Å². The van der Waals surface area contributed by atoms with E-state index >= 15 is 0 Å². The average Bonchev–Trinajstić information content (AvgIpc) is 2.58. The van der Waals surface area contributed by atoms with E-state index < -0.39 is 0 Å². The summed E-state index contributed by atoms with van der Waals surface area (Å²) >= 11 is 0. The molecule has 0 amide bonds. The summed E-state index contributed by atoms with van der Waals surface area (Å²) in [7, 11) is 0. The maximum atomic E-state index is 10.5. The number of nitrogens with two attached hydrogens (primary N) is 1. The Morgan fingerprint density at radius 2 is 1.87 bits per heavy atom. The molecule has 6 N–H and O–H groups in total. The van der Waals surface area contributed by atoms with Crippen molar-refractivity contribution >= 4 is 17.1 Å². The first-order valence-corrected chi connectivity index (χ1v) is 7.29. The van der Waals surface area contributed by atoms with Gasteiger partial charge in [-0.25, -0.2) is 0 Å². The molecule has 2 rings (SSSR count). The molecule has 0 spiro atoms. The molecule has 2 aromatic carbocycles. The van der Waals surface area contributed by atoms with Gasteiger partial charge in [-0.1, -0.05) is 36.4 Å². The molecule has 0 radical (unpaired) electrons. The third-order valence-corrected chi connectivity index (χ3v) is 3.17. The first kappa shape index (κ1) is 18.2. The molecule has 0 unspecified atom stereocenters. The zero-order valence-electron chi connectivity index (χ0n) is 13.3. The van der Waals surface area contributed by atoms with Gasteiger partial charge in [0, 0.05) is 6.42 Å². The van der Waals surface area contributed by atoms with E-state index in [1.807, 2.05) is 49.4 Å². The predicted molar refractivity (Wildman–Crippen MR) is 94.7 cm³/mol. The number of quaternary nitrogens is 1. The lowest BCUT2D eigenvalue weighted by molar-refractivity contribution is -0.305. The first-order valence-electron chi connectivity index (χ1n) is 7.29. The highest BCUT2D eigenvalue weighted by Crippen LogP contribution is 2.23. The van der Waals surface area contributed by atoms with Crippen LogP contribution in [0.3, 0.4) is 0 Å². The quantitative estimate of drug-likeness (QED) is 0.599. The van der Waals surface area contributed by atoms with Gasteiger partial charge in [0.1, 0.15) is 11.4 Å². The predicted octanol–water partition coefficient (Wildman–Crippen LogP) is 2.91. The van der Waals surface area contributed by atoms with Crippen molar-refractivity contribution < 1.29 is 15.6 Å². The van der Waals surface area contributed by atoms with Gasteiger partial charge >= 0.3 is 0 Å². The smallest absolute Gasteiger partial charge is 0.153 e. The van der Waals surface area contributed by atoms with Crippen LogP contribution in [0.15, 0.2) is 72.6 Å². The molecule has 0 saturated carbocycles. The normalized spacial score (nSPS) is 11.7. The van der Waals surface area contributed by atoms with E-state index in [9.17, 15) is 9.90 Å². The monoisotopic (exact) mass is 311 g/mol. The van der Waals surface area contributed by atoms with E-state index in [1.54, 1.807) is 18.2 Å². The lowest BCUT2D eigenvalue weighted by atomic mass is 10.1. The number of hydrogen-bond acceptors (Lipinski definition) is 3. The number of benzene rings is 2. The molecular weight excluding hydrogens is 288 g/mol. The molecular formula is C19H23N2O2+. The number of hydrogen-bond donors (Lipinski definition) is 3. The summed E-state index contributed by atoms with van der Waals surface area (Å²) in [5.74, 6) is 0.0358. The number of fused-ring (bicyclic) bond motifs is 1. The fourth-order valence-electron chi connectivity index (χ4n) is 1.82. The second-order valence-electron chi connectivity index (χ2n) is 4.84. The zero-order chi connectivity index (χ0) is 17.1. The average molecular weight is 311 g/mol. The topological polar surface area (TPSA) is 91.0 Å². The Morgan fingerprint density at radius 1 is 1.22 bits per heavy atom. The van der Waals surface area contributed by atoms with Gasteiger partial charge < -0.3 is 16.6 Å². The zero-order valence-corrected chi connectivity index (χ0v) is 13.3. The second-order valence-corrected chi connectivity index (χ2v) is 4.84. The number of allylic oxidation sites excluding steroid dienone is 4. The molecule has 0 saturated heterocycles. The molecule has 23 heavy (non-hydrogen) atoms. The number of phenolic OH excluding ortho intramolecular Hbond substituents is 1. The summed E-state index contributed by atoms with van der Waals surface area (Å²) < 4.78 is 0. The number of phenols is 1. The largest absolute Gasteiger partial charge is 0.507 e. The second kappa shape index (κ2) is 9.97. The highest BCUT2D eigenvalue weighted by molar-refractivity contribution is 5.91. The minimum Gasteiger partial charge on any atom is -0.507 e. The van der Waals surface area contributed by atoms with Gasteiger partial charge in [0.05, 0.1) is 5.56 Å². The van der Waals surface area contributed by atoms with Crippen molar-refractivity contribution in [1.29, 1.82) is 0 Å². The summed E-state index contributed by atoms with van der Waals surface area (Å²) in [5.41, 5.74) is 10.4. The number of carbonyl (C=O) groups is 1. The Hall–Kier alpha value is -2.85. The molecule has 0 atom stereocenters. The van der Waals surface area contributed by atoms with Crippen LogP contribution in [0.5, 0.6) is 5.75 Å². The van der Waals surface area contributed by atoms with Crippen LogP contribution in [0.2, 0.25) is 0 Å². The van der Waals surface area contributed by atoms with Crippen LogP contribution in [-0.2, 0) is 0 Å². The molecule has 0 heterocycles. The first-order chi connectivity index (χ1) is 11.1. The van der Waals surface area contributed by atoms with Gasteiger partial charge in [0.2, 0.25) is 0 Å². The molecule has 4 heteroatoms. The van der Waals surface area contributed by atoms with Crippen molar-refractivity contribution in [3.63, 3.8) is 0 Å². The van der Waals surface area contributed by atoms with Gasteiger partial charge in [-0.2, -0.15) is 0 Å². The van der Waals surface area contributed by atoms with Gasteiger partial charge in [-0.15, -0.1) is 0 Å². The summed E-state index contributed by atoms with van der Waals surface area (Å²) in [5, 5.41) is 11.3. The standard InChI is InChI=1S/C11H8O2.C8H14N2/c12-7-10-5-8-3-1-2-4-9(8)6-11(10)13;1-2-8(10)6-4-3-5-7-9/h1-7,13H;2-5,7H,6,9-10H2,1H3/p+1/b;4-3?,7-5+,8-2+. The molecule has 0 aliphatic heterocycles. The van der Waals surface area contributed by atoms with Crippen molar-refractivity contribution in [2.45, 2.75) is 13.3 Å². The fraction of sp³-hybridized carbons (Fsp3) is 0.105. The lowest BCUT2D eigenvalue weighted by Gasteiger charge is -2.00. The lowest BCUT2D eigenvalue weighted by Crippen LogP contribution is -2.46. The molecule has 0 fully saturated rings. The number of aldehydes is 1. The van der Waals surface area contributed by atoms with E-state index in [0.717, 1.165) is 22.9 Å². The van der Waals surface area contributed by atoms with Crippen LogP contribution in [0, 0.1) is 0 Å². The number of rotatable bonds is 4. The maximum Gasteiger partial charge on any atom is 0.153 e. The van der Waals surface area contributed by atoms with E-state index in [1.165, 1.54) is 6.20 Å². The summed E-state index contributed by atoms with van der Waals surface area (Å²) in [4.78, 5) is 10.5. The van der Waals surface area contributed by atoms with E-state index in [-0.39, 0.29) is 5.75 Å². The van der Waals surface area contributed by atoms with E-state index in [0.29, 0.717) is 11.8 Å². The van der Waals surface area contributed by atoms with Crippen LogP contribution in [0.1, 0.15) is 23.7 Å². The Kier molecular flexibility index (Phi) is 7.89. The highest BCUT2D eigenvalue weighted by Gasteiger charge is 2.01. The van der Waals surface area contributed by atoms with Gasteiger partial charge in [0.15, 0.2) is 6.29 Å². The third kappa shape index (κ3) is 6.20. The molecule has 0 aliphatic rings. The molecule has 0 bridgehead atoms. The Morgan fingerprint density at radius 3 is 2.43 bits per heavy atom. The van der Waals surface area contributed by atoms with Crippen LogP contribution in [0.4, 0.5) is 0 Å². The fourth-order valence-corrected chi connectivity index (χ4v) is 1.82. The van der Waals surface area contributed by atoms with Crippen molar-refractivity contribution in [2.75, 3.05) is 0 Å². The summed E-state index contributed by atoms with van der Waals surface area (Å²) in [6, 6.07) is 10.9. The van der Waals surface area contributed by atoms with Crippen LogP contribution < -0.4 is 11.5 Å².